The van der Waals surface area contributed by atoms with Gasteiger partial charge in [-0.25, -0.2) is 8.42 Å². The molecule has 3 atom stereocenters. The number of guanidine groups is 1. The molecule has 3 heterocycles. The number of ether oxygens (including phenoxy) is 1. The van der Waals surface area contributed by atoms with E-state index in [-0.39, 0.29) is 35.6 Å². The van der Waals surface area contributed by atoms with E-state index in [0.29, 0.717) is 30.3 Å². The van der Waals surface area contributed by atoms with Gasteiger partial charge in [-0.15, -0.1) is 24.0 Å². The molecule has 1 saturated carbocycles. The van der Waals surface area contributed by atoms with E-state index in [2.05, 4.69) is 22.5 Å². The van der Waals surface area contributed by atoms with Crippen molar-refractivity contribution in [2.75, 3.05) is 44.4 Å². The van der Waals surface area contributed by atoms with E-state index in [9.17, 15) is 8.42 Å². The van der Waals surface area contributed by atoms with E-state index in [1.807, 2.05) is 0 Å². The highest BCUT2D eigenvalue weighted by Gasteiger charge is 2.38. The quantitative estimate of drug-likeness (QED) is 0.319. The summed E-state index contributed by atoms with van der Waals surface area (Å²) in [6, 6.07) is 1.59. The van der Waals surface area contributed by atoms with Crippen LogP contribution < -0.4 is 10.6 Å². The summed E-state index contributed by atoms with van der Waals surface area (Å²) < 4.78 is 28.9. The number of aliphatic imine (C=N–C) groups is 1. The molecular formula is C19H35IN4O3S. The monoisotopic (exact) mass is 526 g/mol. The highest BCUT2D eigenvalue weighted by atomic mass is 127. The van der Waals surface area contributed by atoms with Crippen molar-refractivity contribution in [1.82, 2.24) is 15.5 Å². The van der Waals surface area contributed by atoms with Gasteiger partial charge >= 0.3 is 0 Å². The molecule has 9 heteroatoms. The molecule has 3 unspecified atom stereocenters. The van der Waals surface area contributed by atoms with Crippen LogP contribution in [-0.4, -0.2) is 81.8 Å². The van der Waals surface area contributed by atoms with Crippen LogP contribution in [-0.2, 0) is 14.6 Å². The Labute approximate surface area is 186 Å². The molecule has 4 rings (SSSR count). The number of hydrogen-bond acceptors (Lipinski definition) is 5. The molecule has 4 fully saturated rings. The van der Waals surface area contributed by atoms with Crippen LogP contribution in [0.3, 0.4) is 0 Å². The van der Waals surface area contributed by atoms with Gasteiger partial charge in [0, 0.05) is 51.0 Å². The van der Waals surface area contributed by atoms with E-state index in [1.165, 1.54) is 12.8 Å². The van der Waals surface area contributed by atoms with Gasteiger partial charge < -0.3 is 15.4 Å². The standard InChI is InChI=1S/C19H34N4O3S.HI/c1-14-11-23(17-2-3-17)12-18(14)22-19(21-16-4-7-26-8-5-16)20-10-15-6-9-27(24,25)13-15;/h14-18H,2-13H2,1H3,(H2,20,21,22);1H. The molecule has 3 aliphatic heterocycles. The van der Waals surface area contributed by atoms with E-state index >= 15 is 0 Å². The van der Waals surface area contributed by atoms with Gasteiger partial charge in [-0.2, -0.15) is 0 Å². The fraction of sp³-hybridized carbons (Fsp3) is 0.947. The first-order chi connectivity index (χ1) is 13.0. The smallest absolute Gasteiger partial charge is 0.191 e. The lowest BCUT2D eigenvalue weighted by atomic mass is 10.1. The summed E-state index contributed by atoms with van der Waals surface area (Å²) in [5.74, 6) is 2.22. The zero-order chi connectivity index (χ0) is 18.9. The van der Waals surface area contributed by atoms with Crippen LogP contribution >= 0.6 is 24.0 Å². The summed E-state index contributed by atoms with van der Waals surface area (Å²) in [6.07, 6.45) is 5.42. The molecule has 7 nitrogen and oxygen atoms in total. The fourth-order valence-electron chi connectivity index (χ4n) is 4.51. The summed E-state index contributed by atoms with van der Waals surface area (Å²) in [7, 11) is -2.84. The minimum atomic E-state index is -2.84. The van der Waals surface area contributed by atoms with Crippen molar-refractivity contribution < 1.29 is 13.2 Å². The lowest BCUT2D eigenvalue weighted by molar-refractivity contribution is 0.0821. The Morgan fingerprint density at radius 3 is 2.50 bits per heavy atom. The van der Waals surface area contributed by atoms with Crippen molar-refractivity contribution in [2.45, 2.75) is 57.2 Å². The normalized spacial score (nSPS) is 34.2. The second-order valence-corrected chi connectivity index (χ2v) is 11.1. The maximum absolute atomic E-state index is 11.7. The molecule has 3 saturated heterocycles. The molecular weight excluding hydrogens is 491 g/mol. The van der Waals surface area contributed by atoms with Crippen molar-refractivity contribution in [3.63, 3.8) is 0 Å². The molecule has 0 aromatic heterocycles. The number of nitrogens with zero attached hydrogens (tertiary/aromatic N) is 2. The Balaban J connectivity index is 0.00000225. The zero-order valence-electron chi connectivity index (χ0n) is 16.8. The third-order valence-corrected chi connectivity index (χ3v) is 8.26. The Kier molecular flexibility index (Phi) is 7.88. The summed E-state index contributed by atoms with van der Waals surface area (Å²) in [5.41, 5.74) is 0. The molecule has 162 valence electrons. The Morgan fingerprint density at radius 1 is 1.11 bits per heavy atom. The Morgan fingerprint density at radius 2 is 1.86 bits per heavy atom. The topological polar surface area (TPSA) is 83.0 Å². The molecule has 28 heavy (non-hydrogen) atoms. The molecule has 0 spiro atoms. The Hall–Kier alpha value is -0.130. The summed E-state index contributed by atoms with van der Waals surface area (Å²) >= 11 is 0. The van der Waals surface area contributed by atoms with Crippen molar-refractivity contribution >= 4 is 39.8 Å². The van der Waals surface area contributed by atoms with Crippen LogP contribution in [0.15, 0.2) is 4.99 Å². The van der Waals surface area contributed by atoms with E-state index in [0.717, 1.165) is 57.6 Å². The third-order valence-electron chi connectivity index (χ3n) is 6.42. The van der Waals surface area contributed by atoms with E-state index < -0.39 is 9.84 Å². The van der Waals surface area contributed by atoms with E-state index in [1.54, 1.807) is 0 Å². The van der Waals surface area contributed by atoms with Crippen LogP contribution in [0, 0.1) is 11.8 Å². The number of sulfone groups is 1. The van der Waals surface area contributed by atoms with Crippen LogP contribution in [0.2, 0.25) is 0 Å². The van der Waals surface area contributed by atoms with Gasteiger partial charge in [-0.05, 0) is 43.9 Å². The SMILES string of the molecule is CC1CN(C2CC2)CC1NC(=NCC1CCS(=O)(=O)C1)NC1CCOCC1.I. The number of rotatable bonds is 5. The van der Waals surface area contributed by atoms with Gasteiger partial charge in [-0.1, -0.05) is 6.92 Å². The van der Waals surface area contributed by atoms with Gasteiger partial charge in [0.2, 0.25) is 0 Å². The summed E-state index contributed by atoms with van der Waals surface area (Å²) in [5, 5.41) is 7.28. The van der Waals surface area contributed by atoms with Crippen molar-refractivity contribution in [2.24, 2.45) is 16.8 Å². The Bertz CT molecular complexity index is 650. The molecule has 0 aromatic rings. The molecule has 4 aliphatic rings. The van der Waals surface area contributed by atoms with Crippen LogP contribution in [0.5, 0.6) is 0 Å². The maximum Gasteiger partial charge on any atom is 0.191 e. The van der Waals surface area contributed by atoms with Crippen LogP contribution in [0.1, 0.15) is 39.0 Å². The fourth-order valence-corrected chi connectivity index (χ4v) is 6.36. The average Bonchev–Trinajstić information content (AvgIpc) is 3.34. The molecule has 0 bridgehead atoms. The predicted octanol–water partition coefficient (Wildman–Crippen LogP) is 1.24. The average molecular weight is 526 g/mol. The van der Waals surface area contributed by atoms with Crippen LogP contribution in [0.25, 0.3) is 0 Å². The molecule has 2 N–H and O–H groups in total. The summed E-state index contributed by atoms with van der Waals surface area (Å²) in [4.78, 5) is 7.43. The minimum absolute atomic E-state index is 0. The molecule has 0 amide bonds. The number of hydrogen-bond donors (Lipinski definition) is 2. The lowest BCUT2D eigenvalue weighted by Crippen LogP contribution is -2.51. The number of nitrogens with one attached hydrogen (secondary N) is 2. The van der Waals surface area contributed by atoms with Gasteiger partial charge in [0.15, 0.2) is 15.8 Å². The lowest BCUT2D eigenvalue weighted by Gasteiger charge is -2.28. The molecule has 1 aliphatic carbocycles. The van der Waals surface area contributed by atoms with Crippen molar-refractivity contribution in [1.29, 1.82) is 0 Å². The first-order valence-electron chi connectivity index (χ1n) is 10.6. The highest BCUT2D eigenvalue weighted by Crippen LogP contribution is 2.31. The second-order valence-electron chi connectivity index (χ2n) is 8.90. The van der Waals surface area contributed by atoms with Gasteiger partial charge in [0.25, 0.3) is 0 Å². The first-order valence-corrected chi connectivity index (χ1v) is 12.4. The highest BCUT2D eigenvalue weighted by molar-refractivity contribution is 14.0. The largest absolute Gasteiger partial charge is 0.381 e. The predicted molar refractivity (Wildman–Crippen MR) is 122 cm³/mol. The van der Waals surface area contributed by atoms with Crippen LogP contribution in [0.4, 0.5) is 0 Å². The maximum atomic E-state index is 11.7. The minimum Gasteiger partial charge on any atom is -0.381 e. The van der Waals surface area contributed by atoms with Gasteiger partial charge in [0.05, 0.1) is 11.5 Å². The summed E-state index contributed by atoms with van der Waals surface area (Å²) in [6.45, 7) is 6.73. The zero-order valence-corrected chi connectivity index (χ0v) is 20.0. The number of likely N-dealkylation sites (tertiary alicyclic amines) is 1. The second kappa shape index (κ2) is 9.78. The van der Waals surface area contributed by atoms with Gasteiger partial charge in [0.1, 0.15) is 0 Å². The van der Waals surface area contributed by atoms with Gasteiger partial charge in [-0.3, -0.25) is 9.89 Å². The van der Waals surface area contributed by atoms with Crippen molar-refractivity contribution in [3.8, 4) is 0 Å². The van der Waals surface area contributed by atoms with Crippen molar-refractivity contribution in [3.05, 3.63) is 0 Å². The third kappa shape index (κ3) is 6.18. The molecule has 0 aromatic carbocycles. The molecule has 0 radical (unpaired) electrons. The number of halogens is 1. The first kappa shape index (κ1) is 22.6. The van der Waals surface area contributed by atoms with E-state index in [4.69, 9.17) is 9.73 Å².